The van der Waals surface area contributed by atoms with E-state index in [0.717, 1.165) is 74.9 Å². The quantitative estimate of drug-likeness (QED) is 0.759. The van der Waals surface area contributed by atoms with Gasteiger partial charge in [0.25, 0.3) is 0 Å². The van der Waals surface area contributed by atoms with E-state index in [0.29, 0.717) is 6.04 Å². The molecular formula is C27H32N2O2. The van der Waals surface area contributed by atoms with Gasteiger partial charge in [0.05, 0.1) is 12.6 Å². The molecule has 4 nitrogen and oxygen atoms in total. The molecule has 5 aliphatic carbocycles. The Labute approximate surface area is 185 Å². The van der Waals surface area contributed by atoms with Gasteiger partial charge in [0.1, 0.15) is 0 Å². The first kappa shape index (κ1) is 20.5. The normalized spacial score (nSPS) is 22.4. The number of carbonyl (C=O) groups is 1. The molecule has 1 fully saturated rings. The fourth-order valence-electron chi connectivity index (χ4n) is 5.44. The standard InChI is InChI=1S/C27H32N2O2/c1-18(28-29-15-3-4-23(29)17-31-2)24-16-25-21-11-9-19-5-7-20(8-6-19)10-12-22(14-13-21)26(25)27(24)30/h5-8,13-14,23,28H,3-4,9-12,15-17H2,1-2H3/b24-18+/t23-/m0/s1. The Morgan fingerprint density at radius 3 is 2.42 bits per heavy atom. The van der Waals surface area contributed by atoms with Gasteiger partial charge < -0.3 is 10.2 Å². The average molecular weight is 417 g/mol. The number of hydrogen-bond donors (Lipinski definition) is 1. The van der Waals surface area contributed by atoms with Crippen molar-refractivity contribution < 1.29 is 9.53 Å². The summed E-state index contributed by atoms with van der Waals surface area (Å²) in [5, 5.41) is 2.26. The summed E-state index contributed by atoms with van der Waals surface area (Å²) >= 11 is 0. The molecule has 1 atom stereocenters. The maximum absolute atomic E-state index is 13.6. The van der Waals surface area contributed by atoms with Gasteiger partial charge >= 0.3 is 0 Å². The molecule has 0 amide bonds. The number of ether oxygens (including phenoxy) is 1. The zero-order chi connectivity index (χ0) is 21.4. The summed E-state index contributed by atoms with van der Waals surface area (Å²) in [4.78, 5) is 13.6. The predicted molar refractivity (Wildman–Crippen MR) is 123 cm³/mol. The second-order valence-corrected chi connectivity index (χ2v) is 9.22. The number of methoxy groups -OCH3 is 1. The van der Waals surface area contributed by atoms with Crippen LogP contribution < -0.4 is 5.43 Å². The van der Waals surface area contributed by atoms with Crippen molar-refractivity contribution in [3.05, 3.63) is 81.0 Å². The lowest BCUT2D eigenvalue weighted by atomic mass is 9.90. The second kappa shape index (κ2) is 8.60. The molecule has 6 aliphatic rings. The maximum atomic E-state index is 13.6. The van der Waals surface area contributed by atoms with E-state index in [-0.39, 0.29) is 5.78 Å². The SMILES string of the molecule is COC[C@@H]1CCCN1N/C(C)=C1\Cc2c3ccc(c2C1=O)CCc1ccc(cc1)CC3. The van der Waals surface area contributed by atoms with Crippen molar-refractivity contribution in [2.24, 2.45) is 0 Å². The molecule has 1 N–H and O–H groups in total. The Morgan fingerprint density at radius 1 is 1.03 bits per heavy atom. The lowest BCUT2D eigenvalue weighted by Crippen LogP contribution is -2.43. The zero-order valence-electron chi connectivity index (χ0n) is 18.7. The Morgan fingerprint density at radius 2 is 1.71 bits per heavy atom. The molecule has 8 rings (SSSR count). The molecule has 4 bridgehead atoms. The van der Waals surface area contributed by atoms with Gasteiger partial charge in [-0.15, -0.1) is 0 Å². The van der Waals surface area contributed by atoms with Gasteiger partial charge in [0.15, 0.2) is 5.78 Å². The van der Waals surface area contributed by atoms with E-state index < -0.39 is 0 Å². The molecule has 0 aromatic heterocycles. The van der Waals surface area contributed by atoms with Crippen LogP contribution in [0.15, 0.2) is 47.7 Å². The van der Waals surface area contributed by atoms with Crippen molar-refractivity contribution in [1.29, 1.82) is 0 Å². The third-order valence-electron chi connectivity index (χ3n) is 7.24. The van der Waals surface area contributed by atoms with Crippen LogP contribution in [0.5, 0.6) is 0 Å². The van der Waals surface area contributed by atoms with Crippen LogP contribution in [-0.4, -0.2) is 37.1 Å². The summed E-state index contributed by atoms with van der Waals surface area (Å²) in [6.07, 6.45) is 6.92. The van der Waals surface area contributed by atoms with Gasteiger partial charge in [-0.3, -0.25) is 4.79 Å². The Bertz CT molecular complexity index is 1020. The first-order valence-electron chi connectivity index (χ1n) is 11.6. The zero-order valence-corrected chi connectivity index (χ0v) is 18.7. The number of carbonyl (C=O) groups excluding carboxylic acids is 1. The van der Waals surface area contributed by atoms with Crippen LogP contribution in [0.2, 0.25) is 0 Å². The monoisotopic (exact) mass is 416 g/mol. The Kier molecular flexibility index (Phi) is 5.68. The molecule has 1 aliphatic heterocycles. The van der Waals surface area contributed by atoms with E-state index in [2.05, 4.69) is 53.8 Å². The highest BCUT2D eigenvalue weighted by atomic mass is 16.5. The Hall–Kier alpha value is -2.43. The van der Waals surface area contributed by atoms with Gasteiger partial charge in [-0.25, -0.2) is 5.01 Å². The largest absolute Gasteiger partial charge is 0.383 e. The molecule has 2 aromatic carbocycles. The van der Waals surface area contributed by atoms with Crippen LogP contribution in [-0.2, 0) is 36.8 Å². The first-order valence-corrected chi connectivity index (χ1v) is 11.6. The molecule has 1 heterocycles. The molecule has 0 spiro atoms. The number of nitrogens with one attached hydrogen (secondary N) is 1. The van der Waals surface area contributed by atoms with E-state index in [1.54, 1.807) is 7.11 Å². The maximum Gasteiger partial charge on any atom is 0.191 e. The molecule has 162 valence electrons. The molecule has 1 saturated heterocycles. The molecule has 2 aromatic rings. The third kappa shape index (κ3) is 3.95. The van der Waals surface area contributed by atoms with Crippen molar-refractivity contribution in [2.75, 3.05) is 20.3 Å². The number of hydrazine groups is 1. The van der Waals surface area contributed by atoms with Gasteiger partial charge in [0, 0.05) is 36.9 Å². The van der Waals surface area contributed by atoms with Crippen molar-refractivity contribution >= 4 is 5.78 Å². The summed E-state index contributed by atoms with van der Waals surface area (Å²) in [7, 11) is 1.76. The summed E-state index contributed by atoms with van der Waals surface area (Å²) in [5.41, 5.74) is 13.0. The smallest absolute Gasteiger partial charge is 0.191 e. The third-order valence-corrected chi connectivity index (χ3v) is 7.24. The van der Waals surface area contributed by atoms with Crippen LogP contribution in [0.4, 0.5) is 0 Å². The molecule has 0 radical (unpaired) electrons. The van der Waals surface area contributed by atoms with E-state index in [4.69, 9.17) is 4.74 Å². The topological polar surface area (TPSA) is 41.6 Å². The van der Waals surface area contributed by atoms with E-state index in [1.807, 2.05) is 0 Å². The summed E-state index contributed by atoms with van der Waals surface area (Å²) in [6, 6.07) is 13.9. The van der Waals surface area contributed by atoms with Crippen LogP contribution in [0, 0.1) is 0 Å². The first-order chi connectivity index (χ1) is 15.1. The van der Waals surface area contributed by atoms with Crippen molar-refractivity contribution in [3.8, 4) is 0 Å². The van der Waals surface area contributed by atoms with Gasteiger partial charge in [-0.1, -0.05) is 36.4 Å². The number of benzene rings is 2. The number of aryl methyl sites for hydroxylation is 4. The summed E-state index contributed by atoms with van der Waals surface area (Å²) < 4.78 is 5.39. The fourth-order valence-corrected chi connectivity index (χ4v) is 5.44. The van der Waals surface area contributed by atoms with Crippen molar-refractivity contribution in [2.45, 2.75) is 57.9 Å². The van der Waals surface area contributed by atoms with E-state index in [9.17, 15) is 4.79 Å². The number of allylic oxidation sites excluding steroid dienone is 2. The number of hydrogen-bond acceptors (Lipinski definition) is 4. The molecule has 4 heteroatoms. The summed E-state index contributed by atoms with van der Waals surface area (Å²) in [5.74, 6) is 0.227. The highest BCUT2D eigenvalue weighted by Crippen LogP contribution is 2.35. The van der Waals surface area contributed by atoms with Crippen molar-refractivity contribution in [1.82, 2.24) is 10.4 Å². The van der Waals surface area contributed by atoms with Gasteiger partial charge in [-0.05, 0) is 73.3 Å². The minimum absolute atomic E-state index is 0.227. The van der Waals surface area contributed by atoms with Crippen LogP contribution >= 0.6 is 0 Å². The minimum atomic E-state index is 0.227. The molecular weight excluding hydrogens is 384 g/mol. The lowest BCUT2D eigenvalue weighted by Gasteiger charge is -2.26. The molecule has 0 unspecified atom stereocenters. The number of ketones is 1. The predicted octanol–water partition coefficient (Wildman–Crippen LogP) is 4.20. The fraction of sp³-hybridized carbons (Fsp3) is 0.444. The number of rotatable bonds is 4. The molecule has 0 saturated carbocycles. The van der Waals surface area contributed by atoms with E-state index >= 15 is 0 Å². The average Bonchev–Trinajstić information content (AvgIpc) is 3.35. The van der Waals surface area contributed by atoms with Crippen LogP contribution in [0.25, 0.3) is 0 Å². The number of nitrogens with zero attached hydrogens (tertiary/aromatic N) is 1. The van der Waals surface area contributed by atoms with Crippen molar-refractivity contribution in [3.63, 3.8) is 0 Å². The van der Waals surface area contributed by atoms with Crippen LogP contribution in [0.3, 0.4) is 0 Å². The van der Waals surface area contributed by atoms with E-state index in [1.165, 1.54) is 27.8 Å². The van der Waals surface area contributed by atoms with Crippen LogP contribution in [0.1, 0.15) is 57.9 Å². The minimum Gasteiger partial charge on any atom is -0.383 e. The van der Waals surface area contributed by atoms with Gasteiger partial charge in [0.2, 0.25) is 0 Å². The highest BCUT2D eigenvalue weighted by molar-refractivity contribution is 6.14. The lowest BCUT2D eigenvalue weighted by molar-refractivity contribution is 0.0916. The molecule has 31 heavy (non-hydrogen) atoms. The number of Topliss-reactive ketones (excluding diaryl/α,β-unsaturated/α-hetero) is 1. The second-order valence-electron chi connectivity index (χ2n) is 9.22. The van der Waals surface area contributed by atoms with Gasteiger partial charge in [-0.2, -0.15) is 0 Å². The Balaban J connectivity index is 1.46. The highest BCUT2D eigenvalue weighted by Gasteiger charge is 2.32. The summed E-state index contributed by atoms with van der Waals surface area (Å²) in [6.45, 7) is 3.78.